The molecule has 5 aliphatic heterocycles. The smallest absolute Gasteiger partial charge is 0.319 e. The Bertz CT molecular complexity index is 2110. The number of anilines is 1. The van der Waals surface area contributed by atoms with Crippen LogP contribution in [0.25, 0.3) is 32.9 Å². The molecule has 0 amide bonds. The lowest BCUT2D eigenvalue weighted by atomic mass is 9.93. The van der Waals surface area contributed by atoms with Crippen molar-refractivity contribution in [2.45, 2.75) is 76.0 Å². The standard InChI is InChI=1S/C37H39F3N8O2/c38-24-16-37(9-4-11-47(37)19-24)21-50-36-42-34-29-17-41-33(32(34)40)28-15-26(49)14-23-7-8-30(39)27(31(23)28)6-1-2-12-48-20-25(44-45-48)13-22-5-3-10-46(18-22)35(29)43-36/h7-8,14-15,17,20,22,24,49H,1-6,9-13,16,18-19,21H2/t22?,24-,37+/m1/s1. The third-order valence-electron chi connectivity index (χ3n) is 11.2. The number of benzene rings is 2. The number of pyridine rings is 1. The van der Waals surface area contributed by atoms with Crippen LogP contribution in [0.5, 0.6) is 11.8 Å². The zero-order valence-electron chi connectivity index (χ0n) is 27.8. The molecule has 3 fully saturated rings. The molecule has 8 heterocycles. The molecule has 0 spiro atoms. The number of rotatable bonds is 3. The van der Waals surface area contributed by atoms with Gasteiger partial charge in [-0.1, -0.05) is 11.3 Å². The molecule has 3 aromatic heterocycles. The molecule has 0 radical (unpaired) electrons. The topological polar surface area (TPSA) is 105 Å². The summed E-state index contributed by atoms with van der Waals surface area (Å²) in [5.74, 6) is -0.390. The Morgan fingerprint density at radius 1 is 1.02 bits per heavy atom. The highest BCUT2D eigenvalue weighted by atomic mass is 19.1. The first-order chi connectivity index (χ1) is 24.3. The number of aromatic hydroxyl groups is 1. The van der Waals surface area contributed by atoms with Gasteiger partial charge in [-0.25, -0.2) is 13.2 Å². The first kappa shape index (κ1) is 31.5. The quantitative estimate of drug-likeness (QED) is 0.239. The number of halogens is 3. The van der Waals surface area contributed by atoms with Gasteiger partial charge in [0.25, 0.3) is 0 Å². The summed E-state index contributed by atoms with van der Waals surface area (Å²) in [6, 6.07) is 6.01. The first-order valence-electron chi connectivity index (χ1n) is 17.8. The van der Waals surface area contributed by atoms with Crippen LogP contribution in [0.4, 0.5) is 19.0 Å². The van der Waals surface area contributed by atoms with E-state index >= 15 is 8.78 Å². The largest absolute Gasteiger partial charge is 0.508 e. The van der Waals surface area contributed by atoms with E-state index in [2.05, 4.69) is 30.1 Å². The summed E-state index contributed by atoms with van der Waals surface area (Å²) >= 11 is 0. The zero-order chi connectivity index (χ0) is 34.0. The molecule has 10 rings (SSSR count). The number of hydrogen-bond acceptors (Lipinski definition) is 9. The summed E-state index contributed by atoms with van der Waals surface area (Å²) in [5.41, 5.74) is 1.19. The fraction of sp³-hybridized carbons (Fsp3) is 0.486. The van der Waals surface area contributed by atoms with Crippen molar-refractivity contribution in [3.63, 3.8) is 0 Å². The highest BCUT2D eigenvalue weighted by molar-refractivity contribution is 6.01. The maximum Gasteiger partial charge on any atom is 0.319 e. The van der Waals surface area contributed by atoms with Crippen LogP contribution in [0, 0.1) is 17.6 Å². The molecule has 1 unspecified atom stereocenters. The molecular weight excluding hydrogens is 645 g/mol. The fourth-order valence-corrected chi connectivity index (χ4v) is 8.93. The summed E-state index contributed by atoms with van der Waals surface area (Å²) in [4.78, 5) is 18.5. The van der Waals surface area contributed by atoms with E-state index in [4.69, 9.17) is 9.72 Å². The van der Waals surface area contributed by atoms with Crippen molar-refractivity contribution in [3.8, 4) is 23.0 Å². The van der Waals surface area contributed by atoms with Crippen molar-refractivity contribution < 1.29 is 23.0 Å². The van der Waals surface area contributed by atoms with E-state index in [9.17, 15) is 9.50 Å². The lowest BCUT2D eigenvalue weighted by molar-refractivity contribution is 0.107. The molecule has 5 aliphatic rings. The fourth-order valence-electron chi connectivity index (χ4n) is 8.93. The lowest BCUT2D eigenvalue weighted by Gasteiger charge is -2.34. The minimum atomic E-state index is -0.915. The second kappa shape index (κ2) is 12.4. The first-order valence-corrected chi connectivity index (χ1v) is 17.8. The van der Waals surface area contributed by atoms with Gasteiger partial charge in [-0.2, -0.15) is 9.97 Å². The highest BCUT2D eigenvalue weighted by Gasteiger charge is 2.49. The number of nitrogens with zero attached hydrogens (tertiary/aromatic N) is 8. The summed E-state index contributed by atoms with van der Waals surface area (Å²) < 4.78 is 55.5. The van der Waals surface area contributed by atoms with Crippen molar-refractivity contribution in [2.75, 3.05) is 37.7 Å². The number of ether oxygens (including phenoxy) is 1. The van der Waals surface area contributed by atoms with Crippen molar-refractivity contribution in [1.29, 1.82) is 0 Å². The third kappa shape index (κ3) is 5.50. The lowest BCUT2D eigenvalue weighted by Crippen LogP contribution is -2.43. The SMILES string of the molecule is Oc1cc2c3c(c(F)ccc3c1)CCCCn1cc(nn1)CC1CCCN(C1)c1nc(OC[C@@]34CCCN3C[C@H](F)C4)nc3c(F)c-2ncc13. The average molecular weight is 685 g/mol. The van der Waals surface area contributed by atoms with E-state index in [1.54, 1.807) is 18.3 Å². The second-order valence-corrected chi connectivity index (χ2v) is 14.6. The number of phenolic OH excluding ortho intramolecular Hbond substituents is 1. The molecule has 8 bridgehead atoms. The predicted octanol–water partition coefficient (Wildman–Crippen LogP) is 6.17. The van der Waals surface area contributed by atoms with E-state index in [1.807, 2.05) is 10.9 Å². The van der Waals surface area contributed by atoms with Crippen LogP contribution in [0.1, 0.15) is 56.2 Å². The van der Waals surface area contributed by atoms with Gasteiger partial charge in [-0.15, -0.1) is 5.10 Å². The van der Waals surface area contributed by atoms with Crippen molar-refractivity contribution in [1.82, 2.24) is 34.8 Å². The minimum absolute atomic E-state index is 0.0236. The van der Waals surface area contributed by atoms with Crippen molar-refractivity contribution in [2.24, 2.45) is 5.92 Å². The predicted molar refractivity (Wildman–Crippen MR) is 182 cm³/mol. The van der Waals surface area contributed by atoms with E-state index in [0.29, 0.717) is 73.0 Å². The Morgan fingerprint density at radius 2 is 1.94 bits per heavy atom. The third-order valence-corrected chi connectivity index (χ3v) is 11.2. The number of fused-ring (bicyclic) bond motifs is 5. The Labute approximate surface area is 287 Å². The van der Waals surface area contributed by atoms with Crippen LogP contribution in [-0.4, -0.2) is 84.4 Å². The van der Waals surface area contributed by atoms with Gasteiger partial charge in [0.1, 0.15) is 41.4 Å². The van der Waals surface area contributed by atoms with Crippen molar-refractivity contribution >= 4 is 27.5 Å². The number of piperidine rings is 1. The minimum Gasteiger partial charge on any atom is -0.508 e. The maximum atomic E-state index is 17.1. The van der Waals surface area contributed by atoms with Gasteiger partial charge in [0.15, 0.2) is 5.82 Å². The number of hydrogen-bond donors (Lipinski definition) is 1. The van der Waals surface area contributed by atoms with Gasteiger partial charge in [-0.3, -0.25) is 14.6 Å². The summed E-state index contributed by atoms with van der Waals surface area (Å²) in [6.07, 6.45) is 9.30. The number of aromatic nitrogens is 6. The van der Waals surface area contributed by atoms with Crippen LogP contribution in [0.2, 0.25) is 0 Å². The van der Waals surface area contributed by atoms with E-state index in [0.717, 1.165) is 50.8 Å². The van der Waals surface area contributed by atoms with Crippen LogP contribution in [0.15, 0.2) is 36.7 Å². The molecule has 13 heteroatoms. The number of phenols is 1. The molecule has 0 aliphatic carbocycles. The maximum absolute atomic E-state index is 17.1. The van der Waals surface area contributed by atoms with Gasteiger partial charge in [0.2, 0.25) is 0 Å². The van der Waals surface area contributed by atoms with Gasteiger partial charge in [-0.05, 0) is 98.4 Å². The normalized spacial score (nSPS) is 24.1. The van der Waals surface area contributed by atoms with Crippen LogP contribution >= 0.6 is 0 Å². The van der Waals surface area contributed by atoms with E-state index in [-0.39, 0.29) is 41.1 Å². The Hall–Kier alpha value is -4.52. The molecule has 3 saturated heterocycles. The van der Waals surface area contributed by atoms with E-state index in [1.165, 1.54) is 12.1 Å². The molecule has 1 N–H and O–H groups in total. The second-order valence-electron chi connectivity index (χ2n) is 14.6. The monoisotopic (exact) mass is 684 g/mol. The molecule has 260 valence electrons. The van der Waals surface area contributed by atoms with E-state index < -0.39 is 23.3 Å². The van der Waals surface area contributed by atoms with Gasteiger partial charge in [0, 0.05) is 50.6 Å². The molecule has 0 saturated carbocycles. The summed E-state index contributed by atoms with van der Waals surface area (Å²) in [6.45, 7) is 3.44. The summed E-state index contributed by atoms with van der Waals surface area (Å²) in [5, 5.41) is 21.1. The molecule has 5 aromatic rings. The van der Waals surface area contributed by atoms with Crippen molar-refractivity contribution in [3.05, 3.63) is 59.6 Å². The van der Waals surface area contributed by atoms with Crippen LogP contribution in [0.3, 0.4) is 0 Å². The molecule has 3 atom stereocenters. The van der Waals surface area contributed by atoms with Gasteiger partial charge in [0.05, 0.1) is 16.6 Å². The molecule has 50 heavy (non-hydrogen) atoms. The van der Waals surface area contributed by atoms with Crippen LogP contribution in [-0.2, 0) is 19.4 Å². The van der Waals surface area contributed by atoms with Gasteiger partial charge >= 0.3 is 6.01 Å². The highest BCUT2D eigenvalue weighted by Crippen LogP contribution is 2.42. The number of alkyl halides is 1. The Balaban J connectivity index is 1.21. The average Bonchev–Trinajstić information content (AvgIpc) is 3.80. The molecule has 2 aromatic carbocycles. The molecular formula is C37H39F3N8O2. The zero-order valence-corrected chi connectivity index (χ0v) is 27.8. The number of aryl methyl sites for hydroxylation is 2. The van der Waals surface area contributed by atoms with Crippen LogP contribution < -0.4 is 9.64 Å². The molecule has 10 nitrogen and oxygen atoms in total. The van der Waals surface area contributed by atoms with Gasteiger partial charge < -0.3 is 14.7 Å². The Morgan fingerprint density at radius 3 is 2.86 bits per heavy atom. The summed E-state index contributed by atoms with van der Waals surface area (Å²) in [7, 11) is 0. The Kier molecular flexibility index (Phi) is 7.78.